The second-order valence-corrected chi connectivity index (χ2v) is 14.9. The van der Waals surface area contributed by atoms with Gasteiger partial charge in [0.05, 0.1) is 11.5 Å². The fourth-order valence-electron chi connectivity index (χ4n) is 6.45. The van der Waals surface area contributed by atoms with E-state index < -0.39 is 0 Å². The third-order valence-corrected chi connectivity index (χ3v) is 10.9. The van der Waals surface area contributed by atoms with Crippen LogP contribution in [0.1, 0.15) is 123 Å². The van der Waals surface area contributed by atoms with Gasteiger partial charge in [0.1, 0.15) is 5.76 Å². The topological polar surface area (TPSA) is 63.1 Å². The van der Waals surface area contributed by atoms with Gasteiger partial charge in [-0.1, -0.05) is 117 Å². The van der Waals surface area contributed by atoms with Crippen LogP contribution in [0.2, 0.25) is 0 Å². The number of aliphatic hydroxyl groups excluding tert-OH is 1. The second kappa shape index (κ2) is 17.2. The van der Waals surface area contributed by atoms with Crippen LogP contribution >= 0.6 is 0 Å². The summed E-state index contributed by atoms with van der Waals surface area (Å²) in [6, 6.07) is 21.2. The molecule has 1 aliphatic carbocycles. The Bertz CT molecular complexity index is 1760. The van der Waals surface area contributed by atoms with E-state index in [1.165, 1.54) is 39.3 Å². The van der Waals surface area contributed by atoms with Crippen LogP contribution in [-0.4, -0.2) is 20.9 Å². The summed E-state index contributed by atoms with van der Waals surface area (Å²) in [5.74, 6) is 2.15. The third-order valence-electron chi connectivity index (χ3n) is 10.9. The zero-order valence-electron chi connectivity index (χ0n) is 31.5. The molecule has 0 spiro atoms. The molecule has 5 heteroatoms. The molecule has 0 fully saturated rings. The van der Waals surface area contributed by atoms with Gasteiger partial charge in [-0.05, 0) is 73.5 Å². The first-order valence-electron chi connectivity index (χ1n) is 18.2. The minimum absolute atomic E-state index is 0. The first kappa shape index (κ1) is 40.3. The van der Waals surface area contributed by atoms with Gasteiger partial charge in [0.25, 0.3) is 0 Å². The van der Waals surface area contributed by atoms with Crippen molar-refractivity contribution in [1.29, 1.82) is 0 Å². The number of aryl methyl sites for hydroxylation is 2. The van der Waals surface area contributed by atoms with Crippen molar-refractivity contribution in [1.82, 2.24) is 9.97 Å². The standard InChI is InChI=1S/C29H29N2.C15H28O2.Ir/c1-18(2)13-20-9-12-26-22(14-20)10-11-23-17-30-29(31-28(23)26)24-15-21-7-5-6-8-25(21)27(16-24)19(3)4;1-7-14(5,8-2)12(16)11-13(17)15(6,9-3)10-4;/h5-9,12,14,16-19H,10-11,13H2,1-4H3;11,16H,7-10H2,1-6H3;/q-1;;/b;12-11-;. The fraction of sp³-hybridized carbons (Fsp3) is 0.477. The van der Waals surface area contributed by atoms with E-state index in [0.29, 0.717) is 11.8 Å². The molecule has 3 aromatic carbocycles. The van der Waals surface area contributed by atoms with E-state index in [9.17, 15) is 9.90 Å². The Morgan fingerprint density at radius 1 is 0.898 bits per heavy atom. The molecule has 0 atom stereocenters. The summed E-state index contributed by atoms with van der Waals surface area (Å²) in [5.41, 5.74) is 8.15. The van der Waals surface area contributed by atoms with Gasteiger partial charge in [-0.15, -0.1) is 29.1 Å². The number of carbonyl (C=O) groups excluding carboxylic acids is 1. The molecule has 4 nitrogen and oxygen atoms in total. The number of carbonyl (C=O) groups is 1. The molecule has 4 aromatic rings. The Hall–Kier alpha value is -3.14. The van der Waals surface area contributed by atoms with Crippen molar-refractivity contribution >= 4 is 16.6 Å². The minimum Gasteiger partial charge on any atom is -0.512 e. The molecule has 0 saturated carbocycles. The van der Waals surface area contributed by atoms with Crippen LogP contribution in [0.25, 0.3) is 33.4 Å². The average molecular weight is 838 g/mol. The predicted octanol–water partition coefficient (Wildman–Crippen LogP) is 11.8. The molecule has 49 heavy (non-hydrogen) atoms. The number of rotatable bonds is 11. The van der Waals surface area contributed by atoms with Gasteiger partial charge in [0.2, 0.25) is 0 Å². The molecular formula is C44H57IrN2O2-. The van der Waals surface area contributed by atoms with E-state index in [2.05, 4.69) is 82.3 Å². The van der Waals surface area contributed by atoms with Gasteiger partial charge in [0.15, 0.2) is 5.78 Å². The maximum absolute atomic E-state index is 12.2. The van der Waals surface area contributed by atoms with Gasteiger partial charge in [-0.2, -0.15) is 0 Å². The molecule has 1 heterocycles. The smallest absolute Gasteiger partial charge is 0.164 e. The van der Waals surface area contributed by atoms with Crippen LogP contribution in [-0.2, 0) is 44.2 Å². The van der Waals surface area contributed by atoms with Crippen molar-refractivity contribution < 1.29 is 30.0 Å². The zero-order chi connectivity index (χ0) is 35.2. The number of hydrogen-bond acceptors (Lipinski definition) is 4. The number of hydrogen-bond donors (Lipinski definition) is 1. The number of aliphatic hydroxyl groups is 1. The van der Waals surface area contributed by atoms with Gasteiger partial charge >= 0.3 is 0 Å². The van der Waals surface area contributed by atoms with E-state index in [4.69, 9.17) is 9.97 Å². The van der Waals surface area contributed by atoms with Crippen molar-refractivity contribution in [3.63, 3.8) is 0 Å². The first-order chi connectivity index (χ1) is 22.8. The first-order valence-corrected chi connectivity index (χ1v) is 18.2. The fourth-order valence-corrected chi connectivity index (χ4v) is 6.45. The van der Waals surface area contributed by atoms with Gasteiger partial charge in [0, 0.05) is 48.8 Å². The zero-order valence-corrected chi connectivity index (χ0v) is 33.9. The molecule has 0 saturated heterocycles. The molecular weight excluding hydrogens is 781 g/mol. The number of aromatic nitrogens is 2. The van der Waals surface area contributed by atoms with Crippen LogP contribution in [0.15, 0.2) is 66.6 Å². The second-order valence-electron chi connectivity index (χ2n) is 14.9. The van der Waals surface area contributed by atoms with Crippen LogP contribution in [0.4, 0.5) is 0 Å². The molecule has 0 bridgehead atoms. The summed E-state index contributed by atoms with van der Waals surface area (Å²) >= 11 is 0. The summed E-state index contributed by atoms with van der Waals surface area (Å²) < 4.78 is 0. The minimum atomic E-state index is -0.337. The van der Waals surface area contributed by atoms with E-state index >= 15 is 0 Å². The SMILES string of the molecule is CC(C)Cc1ccc2c(c1)CCc1cnc(-c3[c-]c4ccccc4c(C(C)C)c3)nc1-2.CCC(C)(CC)C(=O)/C=C(\O)C(C)(CC)CC.[Ir]. The Morgan fingerprint density at radius 3 is 2.14 bits per heavy atom. The Labute approximate surface area is 309 Å². The monoisotopic (exact) mass is 838 g/mol. The normalized spacial score (nSPS) is 13.0. The molecule has 1 radical (unpaired) electrons. The van der Waals surface area contributed by atoms with E-state index in [1.54, 1.807) is 0 Å². The number of ketones is 1. The number of nitrogens with zero attached hydrogens (tertiary/aromatic N) is 2. The molecule has 0 amide bonds. The van der Waals surface area contributed by atoms with E-state index in [0.717, 1.165) is 67.4 Å². The van der Waals surface area contributed by atoms with Crippen molar-refractivity contribution in [3.05, 3.63) is 94.9 Å². The number of fused-ring (bicyclic) bond motifs is 4. The number of allylic oxidation sites excluding steroid dienone is 2. The largest absolute Gasteiger partial charge is 0.512 e. The van der Waals surface area contributed by atoms with Gasteiger partial charge in [-0.3, -0.25) is 14.8 Å². The van der Waals surface area contributed by atoms with Crippen molar-refractivity contribution in [3.8, 4) is 22.6 Å². The van der Waals surface area contributed by atoms with Gasteiger partial charge < -0.3 is 5.11 Å². The molecule has 0 unspecified atom stereocenters. The summed E-state index contributed by atoms with van der Waals surface area (Å²) in [6.45, 7) is 21.1. The maximum Gasteiger partial charge on any atom is 0.164 e. The molecule has 1 aromatic heterocycles. The van der Waals surface area contributed by atoms with Crippen LogP contribution in [0, 0.1) is 22.8 Å². The van der Waals surface area contributed by atoms with Crippen LogP contribution < -0.4 is 0 Å². The van der Waals surface area contributed by atoms with E-state index in [1.807, 2.05) is 47.7 Å². The summed E-state index contributed by atoms with van der Waals surface area (Å²) in [7, 11) is 0. The van der Waals surface area contributed by atoms with Crippen LogP contribution in [0.5, 0.6) is 0 Å². The molecule has 1 aliphatic rings. The Balaban J connectivity index is 0.000000312. The van der Waals surface area contributed by atoms with Crippen molar-refractivity contribution in [2.75, 3.05) is 0 Å². The van der Waals surface area contributed by atoms with Crippen molar-refractivity contribution in [2.45, 2.75) is 120 Å². The Morgan fingerprint density at radius 2 is 1.53 bits per heavy atom. The quantitative estimate of drug-likeness (QED) is 0.0928. The van der Waals surface area contributed by atoms with Crippen molar-refractivity contribution in [2.24, 2.45) is 16.7 Å². The maximum atomic E-state index is 12.2. The molecule has 1 N–H and O–H groups in total. The molecule has 5 rings (SSSR count). The predicted molar refractivity (Wildman–Crippen MR) is 202 cm³/mol. The third kappa shape index (κ3) is 9.16. The van der Waals surface area contributed by atoms with Gasteiger partial charge in [-0.25, -0.2) is 0 Å². The Kier molecular flexibility index (Phi) is 14.1. The molecule has 0 aliphatic heterocycles. The molecule has 265 valence electrons. The van der Waals surface area contributed by atoms with Crippen LogP contribution in [0.3, 0.4) is 0 Å². The van der Waals surface area contributed by atoms with E-state index in [-0.39, 0.29) is 42.5 Å². The average Bonchev–Trinajstić information content (AvgIpc) is 3.09. The number of benzene rings is 3. The summed E-state index contributed by atoms with van der Waals surface area (Å²) in [4.78, 5) is 22.0. The summed E-state index contributed by atoms with van der Waals surface area (Å²) in [6.07, 6.45) is 9.98. The summed E-state index contributed by atoms with van der Waals surface area (Å²) in [5, 5.41) is 12.5.